The van der Waals surface area contributed by atoms with Gasteiger partial charge in [0.1, 0.15) is 0 Å². The summed E-state index contributed by atoms with van der Waals surface area (Å²) in [7, 11) is -4.33. The fourth-order valence-corrected chi connectivity index (χ4v) is 4.49. The molecule has 12 heteroatoms. The number of nitrogens with one attached hydrogen (secondary N) is 2. The minimum absolute atomic E-state index is 0.180. The maximum absolute atomic E-state index is 13.6. The highest BCUT2D eigenvalue weighted by molar-refractivity contribution is 7.91. The van der Waals surface area contributed by atoms with Gasteiger partial charge in [0.05, 0.1) is 10.5 Å². The van der Waals surface area contributed by atoms with Crippen LogP contribution in [-0.4, -0.2) is 41.2 Å². The maximum Gasteiger partial charge on any atom is 0.417 e. The highest BCUT2D eigenvalue weighted by atomic mass is 32.2. The molecule has 0 aliphatic carbocycles. The monoisotopic (exact) mass is 423 g/mol. The van der Waals surface area contributed by atoms with E-state index in [9.17, 15) is 26.4 Å². The summed E-state index contributed by atoms with van der Waals surface area (Å²) in [6.07, 6.45) is -4.21. The second-order valence-corrected chi connectivity index (χ2v) is 8.39. The van der Waals surface area contributed by atoms with Crippen molar-refractivity contribution in [1.82, 2.24) is 25.9 Å². The Balaban J connectivity index is 2.07. The van der Waals surface area contributed by atoms with E-state index in [1.807, 2.05) is 0 Å². The fourth-order valence-electron chi connectivity index (χ4n) is 3.33. The molecule has 1 amide bonds. The van der Waals surface area contributed by atoms with Crippen LogP contribution in [0.1, 0.15) is 21.5 Å². The molecule has 2 aromatic carbocycles. The van der Waals surface area contributed by atoms with Crippen LogP contribution in [0.5, 0.6) is 0 Å². The zero-order chi connectivity index (χ0) is 21.0. The van der Waals surface area contributed by atoms with Gasteiger partial charge in [-0.05, 0) is 45.3 Å². The van der Waals surface area contributed by atoms with Gasteiger partial charge >= 0.3 is 6.18 Å². The number of fused-ring (bicyclic) bond motifs is 1. The van der Waals surface area contributed by atoms with Gasteiger partial charge in [-0.3, -0.25) is 4.79 Å². The van der Waals surface area contributed by atoms with Crippen molar-refractivity contribution < 1.29 is 26.4 Å². The van der Waals surface area contributed by atoms with Crippen LogP contribution in [-0.2, 0) is 22.6 Å². The number of carbonyl (C=O) groups excluding carboxylic acids is 1. The molecule has 3 aromatic rings. The molecule has 0 saturated carbocycles. The van der Waals surface area contributed by atoms with Crippen LogP contribution in [0.3, 0.4) is 0 Å². The first-order valence-electron chi connectivity index (χ1n) is 8.17. The van der Waals surface area contributed by atoms with Crippen LogP contribution >= 0.6 is 0 Å². The molecule has 1 aromatic heterocycles. The van der Waals surface area contributed by atoms with Crippen LogP contribution in [0.15, 0.2) is 35.2 Å². The van der Waals surface area contributed by atoms with Gasteiger partial charge in [0.25, 0.3) is 5.91 Å². The Labute approximate surface area is 162 Å². The molecule has 0 bridgehead atoms. The number of sulfone groups is 1. The summed E-state index contributed by atoms with van der Waals surface area (Å²) >= 11 is 0. The molecule has 1 aliphatic rings. The Morgan fingerprint density at radius 3 is 2.45 bits per heavy atom. The van der Waals surface area contributed by atoms with E-state index in [4.69, 9.17) is 0 Å². The number of H-pyrrole nitrogens is 1. The topological polar surface area (TPSA) is 118 Å². The number of carbonyl (C=O) groups is 1. The Hall–Kier alpha value is -3.28. The summed E-state index contributed by atoms with van der Waals surface area (Å²) < 4.78 is 65.5. The molecule has 0 fully saturated rings. The molecule has 29 heavy (non-hydrogen) atoms. The Morgan fingerprint density at radius 1 is 1.10 bits per heavy atom. The van der Waals surface area contributed by atoms with Crippen LogP contribution in [0, 0.1) is 0 Å². The number of tetrazole rings is 1. The Bertz CT molecular complexity index is 1240. The summed E-state index contributed by atoms with van der Waals surface area (Å²) in [4.78, 5) is 10.8. The first-order valence-corrected chi connectivity index (χ1v) is 10.1. The minimum atomic E-state index is -4.91. The zero-order valence-corrected chi connectivity index (χ0v) is 15.5. The minimum Gasteiger partial charge on any atom is -0.348 e. The number of alkyl halides is 3. The molecule has 0 radical (unpaired) electrons. The number of benzene rings is 2. The van der Waals surface area contributed by atoms with Gasteiger partial charge in [-0.1, -0.05) is 12.1 Å². The van der Waals surface area contributed by atoms with Crippen molar-refractivity contribution in [1.29, 1.82) is 0 Å². The lowest BCUT2D eigenvalue weighted by molar-refractivity contribution is -0.139. The van der Waals surface area contributed by atoms with Crippen molar-refractivity contribution in [2.75, 3.05) is 6.26 Å². The van der Waals surface area contributed by atoms with Gasteiger partial charge in [-0.15, -0.1) is 5.10 Å². The number of halogens is 3. The molecular formula is C17H12F3N5O3S. The second-order valence-electron chi connectivity index (χ2n) is 6.44. The van der Waals surface area contributed by atoms with Crippen molar-refractivity contribution in [3.63, 3.8) is 0 Å². The SMILES string of the molecule is CS(=O)(=O)c1c(C(F)(F)F)ccc(-c2ccc3c(c2)CNC3=O)c1-c1nnn[nH]1. The Kier molecular flexibility index (Phi) is 4.19. The molecule has 2 N–H and O–H groups in total. The fraction of sp³-hybridized carbons (Fsp3) is 0.176. The summed E-state index contributed by atoms with van der Waals surface area (Å²) in [5, 5.41) is 15.4. The lowest BCUT2D eigenvalue weighted by atomic mass is 9.94. The number of hydrogen-bond acceptors (Lipinski definition) is 6. The van der Waals surface area contributed by atoms with Crippen LogP contribution in [0.25, 0.3) is 22.5 Å². The summed E-state index contributed by atoms with van der Waals surface area (Å²) in [6.45, 7) is 0.265. The summed E-state index contributed by atoms with van der Waals surface area (Å²) in [6, 6.07) is 6.57. The van der Waals surface area contributed by atoms with Crippen molar-refractivity contribution in [3.8, 4) is 22.5 Å². The number of aromatic amines is 1. The average Bonchev–Trinajstić information content (AvgIpc) is 3.29. The molecule has 8 nitrogen and oxygen atoms in total. The largest absolute Gasteiger partial charge is 0.417 e. The first-order chi connectivity index (χ1) is 13.6. The van der Waals surface area contributed by atoms with E-state index >= 15 is 0 Å². The number of nitrogens with zero attached hydrogens (tertiary/aromatic N) is 3. The molecule has 0 atom stereocenters. The number of rotatable bonds is 3. The van der Waals surface area contributed by atoms with E-state index < -0.39 is 26.5 Å². The molecule has 150 valence electrons. The van der Waals surface area contributed by atoms with Gasteiger partial charge in [0.2, 0.25) is 0 Å². The third-order valence-corrected chi connectivity index (χ3v) is 5.68. The molecule has 4 rings (SSSR count). The van der Waals surface area contributed by atoms with Crippen molar-refractivity contribution in [2.24, 2.45) is 0 Å². The standard InChI is InChI=1S/C17H12F3N5O3S/c1-29(27,28)14-12(17(18,19)20)5-4-10(13(14)15-22-24-25-23-15)8-2-3-11-9(6-8)7-21-16(11)26/h2-6H,7H2,1H3,(H,21,26)(H,22,23,24,25). The van der Waals surface area contributed by atoms with Crippen molar-refractivity contribution >= 4 is 15.7 Å². The lowest BCUT2D eigenvalue weighted by Gasteiger charge is -2.18. The predicted octanol–water partition coefficient (Wildman–Crippen LogP) is 2.20. The number of hydrogen-bond donors (Lipinski definition) is 2. The summed E-state index contributed by atoms with van der Waals surface area (Å²) in [5.74, 6) is -0.475. The van der Waals surface area contributed by atoms with Crippen molar-refractivity contribution in [2.45, 2.75) is 17.6 Å². The van der Waals surface area contributed by atoms with E-state index in [2.05, 4.69) is 25.9 Å². The normalized spacial score (nSPS) is 14.0. The van der Waals surface area contributed by atoms with E-state index in [0.717, 1.165) is 6.07 Å². The second kappa shape index (κ2) is 6.37. The van der Waals surface area contributed by atoms with E-state index in [0.29, 0.717) is 22.9 Å². The van der Waals surface area contributed by atoms with Crippen molar-refractivity contribution in [3.05, 3.63) is 47.0 Å². The van der Waals surface area contributed by atoms with Gasteiger partial charge < -0.3 is 5.32 Å². The quantitative estimate of drug-likeness (QED) is 0.667. The van der Waals surface area contributed by atoms with E-state index in [-0.39, 0.29) is 29.4 Å². The molecule has 0 saturated heterocycles. The number of amides is 1. The smallest absolute Gasteiger partial charge is 0.348 e. The zero-order valence-electron chi connectivity index (χ0n) is 14.7. The van der Waals surface area contributed by atoms with Gasteiger partial charge in [-0.25, -0.2) is 13.5 Å². The van der Waals surface area contributed by atoms with Gasteiger partial charge in [-0.2, -0.15) is 13.2 Å². The third-order valence-electron chi connectivity index (χ3n) is 4.52. The van der Waals surface area contributed by atoms with Gasteiger partial charge in [0.15, 0.2) is 15.7 Å². The maximum atomic E-state index is 13.6. The Morgan fingerprint density at radius 2 is 1.83 bits per heavy atom. The lowest BCUT2D eigenvalue weighted by Crippen LogP contribution is -2.15. The predicted molar refractivity (Wildman–Crippen MR) is 94.3 cm³/mol. The average molecular weight is 423 g/mol. The molecule has 0 unspecified atom stereocenters. The first kappa shape index (κ1) is 19.1. The summed E-state index contributed by atoms with van der Waals surface area (Å²) in [5.41, 5.74) is 0.101. The van der Waals surface area contributed by atoms with Crippen LogP contribution in [0.2, 0.25) is 0 Å². The highest BCUT2D eigenvalue weighted by Gasteiger charge is 2.39. The molecule has 0 spiro atoms. The molecule has 1 aliphatic heterocycles. The number of aromatic nitrogens is 4. The molecular weight excluding hydrogens is 411 g/mol. The van der Waals surface area contributed by atoms with Crippen LogP contribution < -0.4 is 5.32 Å². The highest BCUT2D eigenvalue weighted by Crippen LogP contribution is 2.43. The third kappa shape index (κ3) is 3.24. The van der Waals surface area contributed by atoms with Crippen LogP contribution in [0.4, 0.5) is 13.2 Å². The van der Waals surface area contributed by atoms with Gasteiger partial charge in [0, 0.05) is 23.9 Å². The van der Waals surface area contributed by atoms with E-state index in [1.54, 1.807) is 6.07 Å². The molecule has 2 heterocycles. The van der Waals surface area contributed by atoms with E-state index in [1.165, 1.54) is 18.2 Å².